The van der Waals surface area contributed by atoms with Gasteiger partial charge in [-0.2, -0.15) is 0 Å². The Labute approximate surface area is 89.9 Å². The predicted molar refractivity (Wildman–Crippen MR) is 55.6 cm³/mol. The van der Waals surface area contributed by atoms with Crippen molar-refractivity contribution in [1.82, 2.24) is 0 Å². The van der Waals surface area contributed by atoms with Crippen molar-refractivity contribution in [2.24, 2.45) is 0 Å². The minimum absolute atomic E-state index is 0.217. The van der Waals surface area contributed by atoms with Gasteiger partial charge in [0, 0.05) is 0 Å². The summed E-state index contributed by atoms with van der Waals surface area (Å²) in [6.45, 7) is -0.493. The zero-order valence-corrected chi connectivity index (χ0v) is 8.17. The minimum atomic E-state index is -1.10. The third-order valence-corrected chi connectivity index (χ3v) is 1.96. The van der Waals surface area contributed by atoms with Crippen LogP contribution in [0.5, 0.6) is 5.75 Å². The molecule has 0 aliphatic rings. The number of carboxylic acids is 1. The normalized spacial score (nSPS) is 10.2. The Bertz CT molecular complexity index is 584. The zero-order chi connectivity index (χ0) is 11.5. The molecule has 0 bridgehead atoms. The first-order valence-corrected chi connectivity index (χ1v) is 4.54. The number of para-hydroxylation sites is 1. The van der Waals surface area contributed by atoms with Gasteiger partial charge in [-0.05, 0) is 12.1 Å². The van der Waals surface area contributed by atoms with E-state index >= 15 is 0 Å². The molecule has 1 N–H and O–H groups in total. The summed E-state index contributed by atoms with van der Waals surface area (Å²) in [5.74, 6) is -0.883. The van der Waals surface area contributed by atoms with Crippen LogP contribution in [0.25, 0.3) is 11.0 Å². The van der Waals surface area contributed by atoms with Gasteiger partial charge in [-0.3, -0.25) is 0 Å². The SMILES string of the molecule is O=C(O)COc1cc(=O)oc2ccccc12. The minimum Gasteiger partial charge on any atom is -0.481 e. The first kappa shape index (κ1) is 10.2. The van der Waals surface area contributed by atoms with Crippen LogP contribution in [0.1, 0.15) is 0 Å². The van der Waals surface area contributed by atoms with Crippen LogP contribution in [-0.2, 0) is 4.79 Å². The van der Waals surface area contributed by atoms with Gasteiger partial charge >= 0.3 is 11.6 Å². The van der Waals surface area contributed by atoms with E-state index in [4.69, 9.17) is 14.3 Å². The third kappa shape index (κ3) is 2.03. The Hall–Kier alpha value is -2.30. The molecule has 0 aliphatic heterocycles. The second-order valence-electron chi connectivity index (χ2n) is 3.11. The third-order valence-electron chi connectivity index (χ3n) is 1.96. The summed E-state index contributed by atoms with van der Waals surface area (Å²) in [6.07, 6.45) is 0. The molecule has 0 unspecified atom stereocenters. The molecular formula is C11H8O5. The number of ether oxygens (including phenoxy) is 1. The molecule has 0 saturated carbocycles. The van der Waals surface area contributed by atoms with Crippen molar-refractivity contribution in [3.8, 4) is 5.75 Å². The summed E-state index contributed by atoms with van der Waals surface area (Å²) in [4.78, 5) is 21.5. The number of aliphatic carboxylic acids is 1. The molecule has 0 spiro atoms. The van der Waals surface area contributed by atoms with E-state index < -0.39 is 18.2 Å². The van der Waals surface area contributed by atoms with Gasteiger partial charge in [0.15, 0.2) is 6.61 Å². The topological polar surface area (TPSA) is 76.7 Å². The predicted octanol–water partition coefficient (Wildman–Crippen LogP) is 1.26. The Morgan fingerprint density at radius 1 is 1.38 bits per heavy atom. The van der Waals surface area contributed by atoms with E-state index in [1.807, 2.05) is 0 Å². The van der Waals surface area contributed by atoms with E-state index in [-0.39, 0.29) is 5.75 Å². The highest BCUT2D eigenvalue weighted by Crippen LogP contribution is 2.22. The average Bonchev–Trinajstić information content (AvgIpc) is 2.25. The first-order chi connectivity index (χ1) is 7.66. The van der Waals surface area contributed by atoms with Gasteiger partial charge in [0.2, 0.25) is 0 Å². The Morgan fingerprint density at radius 2 is 2.12 bits per heavy atom. The lowest BCUT2D eigenvalue weighted by Gasteiger charge is -2.05. The first-order valence-electron chi connectivity index (χ1n) is 4.54. The van der Waals surface area contributed by atoms with Crippen LogP contribution < -0.4 is 10.4 Å². The van der Waals surface area contributed by atoms with Gasteiger partial charge in [0.1, 0.15) is 11.3 Å². The van der Waals surface area contributed by atoms with E-state index in [1.54, 1.807) is 24.3 Å². The van der Waals surface area contributed by atoms with E-state index in [0.29, 0.717) is 11.0 Å². The number of rotatable bonds is 3. The van der Waals surface area contributed by atoms with Crippen molar-refractivity contribution in [2.75, 3.05) is 6.61 Å². The van der Waals surface area contributed by atoms with Crippen LogP contribution >= 0.6 is 0 Å². The smallest absolute Gasteiger partial charge is 0.341 e. The average molecular weight is 220 g/mol. The molecule has 16 heavy (non-hydrogen) atoms. The molecule has 0 radical (unpaired) electrons. The number of carboxylic acid groups (broad SMARTS) is 1. The van der Waals surface area contributed by atoms with E-state index in [0.717, 1.165) is 6.07 Å². The number of fused-ring (bicyclic) bond motifs is 1. The van der Waals surface area contributed by atoms with Crippen LogP contribution in [0.3, 0.4) is 0 Å². The van der Waals surface area contributed by atoms with Gasteiger partial charge in [-0.25, -0.2) is 9.59 Å². The van der Waals surface area contributed by atoms with Crippen molar-refractivity contribution in [3.05, 3.63) is 40.8 Å². The van der Waals surface area contributed by atoms with Crippen molar-refractivity contribution in [1.29, 1.82) is 0 Å². The van der Waals surface area contributed by atoms with Gasteiger partial charge in [-0.15, -0.1) is 0 Å². The number of hydrogen-bond donors (Lipinski definition) is 1. The lowest BCUT2D eigenvalue weighted by molar-refractivity contribution is -0.139. The molecule has 0 aliphatic carbocycles. The maximum Gasteiger partial charge on any atom is 0.341 e. The molecule has 5 nitrogen and oxygen atoms in total. The number of carbonyl (C=O) groups is 1. The fourth-order valence-corrected chi connectivity index (χ4v) is 1.34. The Morgan fingerprint density at radius 3 is 2.88 bits per heavy atom. The van der Waals surface area contributed by atoms with Crippen molar-refractivity contribution < 1.29 is 19.1 Å². The maximum absolute atomic E-state index is 11.2. The Kier molecular flexibility index (Phi) is 2.59. The highest BCUT2D eigenvalue weighted by molar-refractivity contribution is 5.83. The lowest BCUT2D eigenvalue weighted by Crippen LogP contribution is -2.11. The van der Waals surface area contributed by atoms with E-state index in [2.05, 4.69) is 0 Å². The zero-order valence-electron chi connectivity index (χ0n) is 8.17. The second-order valence-corrected chi connectivity index (χ2v) is 3.11. The summed E-state index contributed by atoms with van der Waals surface area (Å²) in [5.41, 5.74) is -0.200. The summed E-state index contributed by atoms with van der Waals surface area (Å²) in [7, 11) is 0. The van der Waals surface area contributed by atoms with Crippen LogP contribution in [0.15, 0.2) is 39.5 Å². The van der Waals surface area contributed by atoms with Gasteiger partial charge in [-0.1, -0.05) is 12.1 Å². The molecule has 0 amide bonds. The lowest BCUT2D eigenvalue weighted by atomic mass is 10.2. The molecule has 0 atom stereocenters. The van der Waals surface area contributed by atoms with Gasteiger partial charge in [0.25, 0.3) is 0 Å². The highest BCUT2D eigenvalue weighted by atomic mass is 16.5. The fourth-order valence-electron chi connectivity index (χ4n) is 1.34. The molecule has 1 aromatic heterocycles. The summed E-state index contributed by atoms with van der Waals surface area (Å²) >= 11 is 0. The van der Waals surface area contributed by atoms with E-state index in [9.17, 15) is 9.59 Å². The summed E-state index contributed by atoms with van der Waals surface area (Å²) in [6, 6.07) is 7.90. The monoisotopic (exact) mass is 220 g/mol. The van der Waals surface area contributed by atoms with Crippen molar-refractivity contribution in [3.63, 3.8) is 0 Å². The van der Waals surface area contributed by atoms with Crippen LogP contribution in [0.4, 0.5) is 0 Å². The molecule has 82 valence electrons. The largest absolute Gasteiger partial charge is 0.481 e. The summed E-state index contributed by atoms with van der Waals surface area (Å²) < 4.78 is 9.93. The number of benzene rings is 1. The van der Waals surface area contributed by atoms with Crippen molar-refractivity contribution in [2.45, 2.75) is 0 Å². The molecule has 2 aromatic rings. The van der Waals surface area contributed by atoms with Gasteiger partial charge in [0.05, 0.1) is 11.5 Å². The molecular weight excluding hydrogens is 212 g/mol. The molecule has 0 fully saturated rings. The van der Waals surface area contributed by atoms with Crippen LogP contribution in [0.2, 0.25) is 0 Å². The maximum atomic E-state index is 11.2. The van der Waals surface area contributed by atoms with Crippen LogP contribution in [-0.4, -0.2) is 17.7 Å². The quantitative estimate of drug-likeness (QED) is 0.788. The van der Waals surface area contributed by atoms with Crippen molar-refractivity contribution >= 4 is 16.9 Å². The molecule has 0 saturated heterocycles. The second kappa shape index (κ2) is 4.06. The number of hydrogen-bond acceptors (Lipinski definition) is 4. The standard InChI is InChI=1S/C11H8O5/c12-10(13)6-15-9-5-11(14)16-8-4-2-1-3-7(8)9/h1-5H,6H2,(H,12,13). The highest BCUT2D eigenvalue weighted by Gasteiger charge is 2.07. The molecule has 5 heteroatoms. The molecule has 2 rings (SSSR count). The van der Waals surface area contributed by atoms with Crippen LogP contribution in [0, 0.1) is 0 Å². The summed E-state index contributed by atoms with van der Waals surface area (Å²) in [5, 5.41) is 9.06. The Balaban J connectivity index is 2.50. The van der Waals surface area contributed by atoms with Gasteiger partial charge < -0.3 is 14.3 Å². The fraction of sp³-hybridized carbons (Fsp3) is 0.0909. The molecule has 1 heterocycles. The van der Waals surface area contributed by atoms with E-state index in [1.165, 1.54) is 0 Å². The molecule has 1 aromatic carbocycles.